The third-order valence-electron chi connectivity index (χ3n) is 2.00. The minimum Gasteiger partial charge on any atom is -0.504 e. The van der Waals surface area contributed by atoms with Gasteiger partial charge in [0, 0.05) is 0 Å². The fourth-order valence-corrected chi connectivity index (χ4v) is 1.10. The minimum atomic E-state index is -0.807. The van der Waals surface area contributed by atoms with E-state index in [1.54, 1.807) is 0 Å². The summed E-state index contributed by atoms with van der Waals surface area (Å²) in [4.78, 5) is 0. The molecule has 78 valence electrons. The smallest absolute Gasteiger partial charge is 0.200 e. The predicted molar refractivity (Wildman–Crippen MR) is 50.0 cm³/mol. The molecule has 0 fully saturated rings. The molecule has 0 saturated heterocycles. The summed E-state index contributed by atoms with van der Waals surface area (Å²) in [6.45, 7) is 1.49. The van der Waals surface area contributed by atoms with Gasteiger partial charge in [-0.3, -0.25) is 0 Å². The van der Waals surface area contributed by atoms with Crippen LogP contribution in [0, 0.1) is 0 Å². The van der Waals surface area contributed by atoms with E-state index in [0.717, 1.165) is 0 Å². The standard InChI is InChI=1S/C9H13NO4/c1-4(11)8(10)5-2-6(12)9(14)7(13)3-5/h2-4,8,11-14H,10H2,1H3/t4-,8-/m0/s1. The Morgan fingerprint density at radius 1 is 1.14 bits per heavy atom. The molecule has 0 amide bonds. The first-order chi connectivity index (χ1) is 6.43. The highest BCUT2D eigenvalue weighted by Gasteiger charge is 2.16. The molecule has 5 nitrogen and oxygen atoms in total. The number of rotatable bonds is 2. The van der Waals surface area contributed by atoms with Gasteiger partial charge in [-0.2, -0.15) is 0 Å². The number of benzene rings is 1. The number of hydrogen-bond acceptors (Lipinski definition) is 5. The van der Waals surface area contributed by atoms with Gasteiger partial charge in [-0.05, 0) is 24.6 Å². The fraction of sp³-hybridized carbons (Fsp3) is 0.333. The molecule has 14 heavy (non-hydrogen) atoms. The summed E-state index contributed by atoms with van der Waals surface area (Å²) < 4.78 is 0. The summed E-state index contributed by atoms with van der Waals surface area (Å²) in [5.74, 6) is -1.52. The lowest BCUT2D eigenvalue weighted by atomic mass is 10.0. The van der Waals surface area contributed by atoms with Crippen LogP contribution >= 0.6 is 0 Å². The number of aromatic hydroxyl groups is 3. The Balaban J connectivity index is 3.12. The monoisotopic (exact) mass is 199 g/mol. The van der Waals surface area contributed by atoms with Gasteiger partial charge >= 0.3 is 0 Å². The second-order valence-corrected chi connectivity index (χ2v) is 3.17. The van der Waals surface area contributed by atoms with Crippen LogP contribution in [0.4, 0.5) is 0 Å². The van der Waals surface area contributed by atoms with E-state index in [1.807, 2.05) is 0 Å². The first-order valence-electron chi connectivity index (χ1n) is 4.12. The van der Waals surface area contributed by atoms with Crippen molar-refractivity contribution >= 4 is 0 Å². The first kappa shape index (κ1) is 10.6. The number of hydrogen-bond donors (Lipinski definition) is 5. The molecule has 0 heterocycles. The zero-order valence-electron chi connectivity index (χ0n) is 7.68. The van der Waals surface area contributed by atoms with Gasteiger partial charge in [0.2, 0.25) is 0 Å². The summed E-state index contributed by atoms with van der Waals surface area (Å²) in [7, 11) is 0. The largest absolute Gasteiger partial charge is 0.504 e. The molecule has 0 radical (unpaired) electrons. The molecule has 5 heteroatoms. The van der Waals surface area contributed by atoms with Crippen LogP contribution in [0.15, 0.2) is 12.1 Å². The molecular formula is C9H13NO4. The van der Waals surface area contributed by atoms with Gasteiger partial charge in [0.15, 0.2) is 17.2 Å². The lowest BCUT2D eigenvalue weighted by Gasteiger charge is -2.15. The predicted octanol–water partition coefficient (Wildman–Crippen LogP) is 0.184. The van der Waals surface area contributed by atoms with Gasteiger partial charge in [-0.15, -0.1) is 0 Å². The Labute approximate surface area is 81.0 Å². The highest BCUT2D eigenvalue weighted by Crippen LogP contribution is 2.37. The van der Waals surface area contributed by atoms with Crippen LogP contribution in [0.1, 0.15) is 18.5 Å². The van der Waals surface area contributed by atoms with Gasteiger partial charge in [-0.1, -0.05) is 0 Å². The molecule has 0 unspecified atom stereocenters. The van der Waals surface area contributed by atoms with E-state index in [0.29, 0.717) is 5.56 Å². The van der Waals surface area contributed by atoms with E-state index in [9.17, 15) is 5.11 Å². The minimum absolute atomic E-state index is 0.354. The summed E-state index contributed by atoms with van der Waals surface area (Å²) >= 11 is 0. The van der Waals surface area contributed by atoms with Crippen LogP contribution in [0.25, 0.3) is 0 Å². The van der Waals surface area contributed by atoms with Gasteiger partial charge < -0.3 is 26.2 Å². The Hall–Kier alpha value is -1.46. The van der Waals surface area contributed by atoms with Crippen molar-refractivity contribution in [2.24, 2.45) is 5.73 Å². The van der Waals surface area contributed by atoms with E-state index < -0.39 is 29.4 Å². The zero-order chi connectivity index (χ0) is 10.9. The third-order valence-corrected chi connectivity index (χ3v) is 2.00. The van der Waals surface area contributed by atoms with Crippen LogP contribution in [0.2, 0.25) is 0 Å². The molecule has 0 aliphatic carbocycles. The van der Waals surface area contributed by atoms with Crippen molar-refractivity contribution in [3.63, 3.8) is 0 Å². The van der Waals surface area contributed by atoms with Crippen molar-refractivity contribution in [1.82, 2.24) is 0 Å². The van der Waals surface area contributed by atoms with Crippen LogP contribution in [0.3, 0.4) is 0 Å². The second kappa shape index (κ2) is 3.73. The number of phenols is 3. The van der Waals surface area contributed by atoms with Crippen molar-refractivity contribution in [3.05, 3.63) is 17.7 Å². The number of aliphatic hydroxyl groups is 1. The summed E-state index contributed by atoms with van der Waals surface area (Å²) in [6, 6.07) is 1.69. The van der Waals surface area contributed by atoms with Crippen molar-refractivity contribution in [2.75, 3.05) is 0 Å². The fourth-order valence-electron chi connectivity index (χ4n) is 1.10. The molecule has 0 aliphatic heterocycles. The quantitative estimate of drug-likeness (QED) is 0.437. The molecular weight excluding hydrogens is 186 g/mol. The average Bonchev–Trinajstić information content (AvgIpc) is 2.12. The van der Waals surface area contributed by atoms with E-state index >= 15 is 0 Å². The van der Waals surface area contributed by atoms with Crippen molar-refractivity contribution in [3.8, 4) is 17.2 Å². The normalized spacial score (nSPS) is 15.1. The molecule has 1 rings (SSSR count). The maximum absolute atomic E-state index is 9.17. The maximum Gasteiger partial charge on any atom is 0.200 e. The lowest BCUT2D eigenvalue weighted by Crippen LogP contribution is -2.22. The van der Waals surface area contributed by atoms with E-state index in [4.69, 9.17) is 21.1 Å². The van der Waals surface area contributed by atoms with E-state index in [2.05, 4.69) is 0 Å². The number of nitrogens with two attached hydrogens (primary N) is 1. The Morgan fingerprint density at radius 3 is 1.93 bits per heavy atom. The Kier molecular flexibility index (Phi) is 2.83. The highest BCUT2D eigenvalue weighted by molar-refractivity contribution is 5.51. The van der Waals surface area contributed by atoms with Crippen molar-refractivity contribution in [1.29, 1.82) is 0 Å². The highest BCUT2D eigenvalue weighted by atomic mass is 16.3. The van der Waals surface area contributed by atoms with Crippen LogP contribution in [-0.4, -0.2) is 26.5 Å². The summed E-state index contributed by atoms with van der Waals surface area (Å²) in [5, 5.41) is 36.6. The van der Waals surface area contributed by atoms with E-state index in [-0.39, 0.29) is 0 Å². The van der Waals surface area contributed by atoms with Crippen LogP contribution < -0.4 is 5.73 Å². The topological polar surface area (TPSA) is 107 Å². The van der Waals surface area contributed by atoms with Crippen molar-refractivity contribution < 1.29 is 20.4 Å². The van der Waals surface area contributed by atoms with Crippen LogP contribution in [0.5, 0.6) is 17.2 Å². The number of aliphatic hydroxyl groups excluding tert-OH is 1. The van der Waals surface area contributed by atoms with Gasteiger partial charge in [0.25, 0.3) is 0 Å². The van der Waals surface area contributed by atoms with E-state index in [1.165, 1.54) is 19.1 Å². The van der Waals surface area contributed by atoms with Gasteiger partial charge in [0.05, 0.1) is 12.1 Å². The Morgan fingerprint density at radius 2 is 1.57 bits per heavy atom. The van der Waals surface area contributed by atoms with Crippen LogP contribution in [-0.2, 0) is 0 Å². The molecule has 6 N–H and O–H groups in total. The average molecular weight is 199 g/mol. The molecule has 2 atom stereocenters. The molecule has 0 spiro atoms. The third kappa shape index (κ3) is 1.89. The Bertz CT molecular complexity index is 315. The first-order valence-corrected chi connectivity index (χ1v) is 4.12. The SMILES string of the molecule is C[C@H](O)[C@H](N)c1cc(O)c(O)c(O)c1. The van der Waals surface area contributed by atoms with Crippen molar-refractivity contribution in [2.45, 2.75) is 19.1 Å². The second-order valence-electron chi connectivity index (χ2n) is 3.17. The summed E-state index contributed by atoms with van der Waals surface area (Å²) in [5.41, 5.74) is 5.93. The molecule has 0 aromatic heterocycles. The maximum atomic E-state index is 9.17. The molecule has 0 saturated carbocycles. The molecule has 1 aromatic carbocycles. The summed E-state index contributed by atoms with van der Waals surface area (Å²) in [6.07, 6.45) is -0.807. The zero-order valence-corrected chi connectivity index (χ0v) is 7.68. The lowest BCUT2D eigenvalue weighted by molar-refractivity contribution is 0.164. The van der Waals surface area contributed by atoms with Gasteiger partial charge in [-0.25, -0.2) is 0 Å². The number of phenolic OH excluding ortho intramolecular Hbond substituents is 3. The van der Waals surface area contributed by atoms with Gasteiger partial charge in [0.1, 0.15) is 0 Å². The molecule has 0 bridgehead atoms. The molecule has 0 aliphatic rings. The molecule has 1 aromatic rings.